The largest absolute Gasteiger partial charge is 0.381 e. The quantitative estimate of drug-likeness (QED) is 0.361. The molecule has 0 aromatic heterocycles. The minimum Gasteiger partial charge on any atom is -0.381 e. The average Bonchev–Trinajstić information content (AvgIpc) is 2.03. The predicted octanol–water partition coefficient (Wildman–Crippen LogP) is 3.78. The summed E-state index contributed by atoms with van der Waals surface area (Å²) in [5.74, 6) is 0.768. The third-order valence-corrected chi connectivity index (χ3v) is 2.49. The van der Waals surface area contributed by atoms with Crippen LogP contribution in [0.4, 0.5) is 0 Å². The maximum atomic E-state index is 5.49. The topological polar surface area (TPSA) is 9.23 Å². The Morgan fingerprint density at radius 2 is 2.08 bits per heavy atom. The molecule has 0 saturated carbocycles. The third-order valence-electron chi connectivity index (χ3n) is 2.03. The van der Waals surface area contributed by atoms with Gasteiger partial charge in [0, 0.05) is 11.9 Å². The van der Waals surface area contributed by atoms with Gasteiger partial charge in [-0.2, -0.15) is 0 Å². The van der Waals surface area contributed by atoms with Gasteiger partial charge in [0.25, 0.3) is 0 Å². The molecule has 0 saturated heterocycles. The fourth-order valence-electron chi connectivity index (χ4n) is 0.964. The van der Waals surface area contributed by atoms with Crippen LogP contribution in [0.15, 0.2) is 12.2 Å². The molecular formula is C11H21BrO. The maximum Gasteiger partial charge on any atom is 0.0502 e. The average molecular weight is 249 g/mol. The van der Waals surface area contributed by atoms with Crippen LogP contribution in [0.25, 0.3) is 0 Å². The van der Waals surface area contributed by atoms with Crippen LogP contribution in [-0.2, 0) is 4.74 Å². The highest BCUT2D eigenvalue weighted by Crippen LogP contribution is 2.09. The summed E-state index contributed by atoms with van der Waals surface area (Å²) < 4.78 is 5.49. The first-order valence-corrected chi connectivity index (χ1v) is 6.07. The molecule has 1 nitrogen and oxygen atoms in total. The van der Waals surface area contributed by atoms with Crippen molar-refractivity contribution in [2.45, 2.75) is 33.1 Å². The summed E-state index contributed by atoms with van der Waals surface area (Å²) in [6.45, 7) is 9.86. The van der Waals surface area contributed by atoms with E-state index in [1.165, 1.54) is 18.4 Å². The third kappa shape index (κ3) is 10.1. The molecule has 1 atom stereocenters. The van der Waals surface area contributed by atoms with Crippen LogP contribution in [0.2, 0.25) is 0 Å². The Kier molecular flexibility index (Phi) is 8.89. The van der Waals surface area contributed by atoms with Crippen molar-refractivity contribution in [1.29, 1.82) is 0 Å². The zero-order valence-electron chi connectivity index (χ0n) is 8.81. The van der Waals surface area contributed by atoms with E-state index in [2.05, 4.69) is 29.4 Å². The minimum absolute atomic E-state index is 0.768. The van der Waals surface area contributed by atoms with Gasteiger partial charge in [0.1, 0.15) is 0 Å². The van der Waals surface area contributed by atoms with Gasteiger partial charge >= 0.3 is 0 Å². The van der Waals surface area contributed by atoms with Crippen molar-refractivity contribution < 1.29 is 4.74 Å². The summed E-state index contributed by atoms with van der Waals surface area (Å²) in [7, 11) is 0. The first kappa shape index (κ1) is 13.2. The van der Waals surface area contributed by atoms with E-state index in [-0.39, 0.29) is 0 Å². The molecule has 2 heteroatoms. The lowest BCUT2D eigenvalue weighted by Gasteiger charge is -2.09. The Labute approximate surface area is 90.7 Å². The van der Waals surface area contributed by atoms with E-state index in [0.29, 0.717) is 0 Å². The molecule has 0 rings (SSSR count). The molecule has 0 aromatic rings. The van der Waals surface area contributed by atoms with E-state index in [1.807, 2.05) is 6.92 Å². The highest BCUT2D eigenvalue weighted by Gasteiger charge is 2.00. The van der Waals surface area contributed by atoms with Crippen LogP contribution >= 0.6 is 15.9 Å². The summed E-state index contributed by atoms with van der Waals surface area (Å²) in [5.41, 5.74) is 1.20. The van der Waals surface area contributed by atoms with Crippen molar-refractivity contribution in [2.24, 2.45) is 5.92 Å². The minimum atomic E-state index is 0.768. The molecule has 0 aliphatic heterocycles. The van der Waals surface area contributed by atoms with Crippen LogP contribution in [0.1, 0.15) is 33.1 Å². The first-order chi connectivity index (χ1) is 6.16. The van der Waals surface area contributed by atoms with Gasteiger partial charge in [0.05, 0.1) is 6.61 Å². The number of hydrogen-bond acceptors (Lipinski definition) is 1. The van der Waals surface area contributed by atoms with E-state index in [4.69, 9.17) is 4.74 Å². The van der Waals surface area contributed by atoms with E-state index < -0.39 is 0 Å². The van der Waals surface area contributed by atoms with Gasteiger partial charge in [-0.1, -0.05) is 28.4 Å². The molecule has 0 aromatic carbocycles. The summed E-state index contributed by atoms with van der Waals surface area (Å²) in [4.78, 5) is 0. The summed E-state index contributed by atoms with van der Waals surface area (Å²) in [5, 5.41) is 1.10. The standard InChI is InChI=1S/C11H21BrO/c1-10(2)5-8-13-9-6-11(3)4-7-12/h11H,1,4-9H2,2-3H3. The number of hydrogen-bond donors (Lipinski definition) is 0. The lowest BCUT2D eigenvalue weighted by molar-refractivity contribution is 0.124. The Hall–Kier alpha value is 0.180. The molecule has 0 N–H and O–H groups in total. The lowest BCUT2D eigenvalue weighted by Crippen LogP contribution is -2.03. The predicted molar refractivity (Wildman–Crippen MR) is 62.4 cm³/mol. The maximum absolute atomic E-state index is 5.49. The highest BCUT2D eigenvalue weighted by atomic mass is 79.9. The Morgan fingerprint density at radius 1 is 1.38 bits per heavy atom. The molecule has 0 amide bonds. The molecule has 0 aliphatic rings. The Bertz CT molecular complexity index is 134. The van der Waals surface area contributed by atoms with E-state index >= 15 is 0 Å². The molecule has 0 heterocycles. The molecule has 1 unspecified atom stereocenters. The van der Waals surface area contributed by atoms with Crippen LogP contribution in [0.3, 0.4) is 0 Å². The summed E-state index contributed by atoms with van der Waals surface area (Å²) in [6, 6.07) is 0. The van der Waals surface area contributed by atoms with E-state index in [0.717, 1.165) is 30.9 Å². The lowest BCUT2D eigenvalue weighted by atomic mass is 10.1. The van der Waals surface area contributed by atoms with Crippen molar-refractivity contribution in [3.8, 4) is 0 Å². The molecule has 0 aliphatic carbocycles. The zero-order valence-corrected chi connectivity index (χ0v) is 10.4. The van der Waals surface area contributed by atoms with Gasteiger partial charge in [0.2, 0.25) is 0 Å². The molecule has 0 bridgehead atoms. The number of ether oxygens (including phenoxy) is 1. The number of rotatable bonds is 8. The van der Waals surface area contributed by atoms with Crippen LogP contribution < -0.4 is 0 Å². The zero-order chi connectivity index (χ0) is 10.1. The molecule has 0 fully saturated rings. The SMILES string of the molecule is C=C(C)CCOCCC(C)CCBr. The summed E-state index contributed by atoms with van der Waals surface area (Å²) >= 11 is 3.44. The van der Waals surface area contributed by atoms with Crippen molar-refractivity contribution in [3.63, 3.8) is 0 Å². The number of halogens is 1. The molecule has 13 heavy (non-hydrogen) atoms. The summed E-state index contributed by atoms with van der Waals surface area (Å²) in [6.07, 6.45) is 3.40. The van der Waals surface area contributed by atoms with E-state index in [1.54, 1.807) is 0 Å². The van der Waals surface area contributed by atoms with Crippen LogP contribution in [0, 0.1) is 5.92 Å². The van der Waals surface area contributed by atoms with Crippen molar-refractivity contribution in [3.05, 3.63) is 12.2 Å². The molecule has 0 spiro atoms. The van der Waals surface area contributed by atoms with E-state index in [9.17, 15) is 0 Å². The first-order valence-electron chi connectivity index (χ1n) is 4.95. The fraction of sp³-hybridized carbons (Fsp3) is 0.818. The smallest absolute Gasteiger partial charge is 0.0502 e. The van der Waals surface area contributed by atoms with Crippen molar-refractivity contribution in [1.82, 2.24) is 0 Å². The molecule has 78 valence electrons. The molecule has 0 radical (unpaired) electrons. The second-order valence-electron chi connectivity index (χ2n) is 3.69. The van der Waals surface area contributed by atoms with Crippen LogP contribution in [0.5, 0.6) is 0 Å². The van der Waals surface area contributed by atoms with Gasteiger partial charge in [-0.25, -0.2) is 0 Å². The number of alkyl halides is 1. The van der Waals surface area contributed by atoms with Gasteiger partial charge in [-0.05, 0) is 32.1 Å². The van der Waals surface area contributed by atoms with Crippen LogP contribution in [-0.4, -0.2) is 18.5 Å². The Morgan fingerprint density at radius 3 is 2.62 bits per heavy atom. The molecular weight excluding hydrogens is 228 g/mol. The highest BCUT2D eigenvalue weighted by molar-refractivity contribution is 9.09. The van der Waals surface area contributed by atoms with Crippen molar-refractivity contribution in [2.75, 3.05) is 18.5 Å². The van der Waals surface area contributed by atoms with Gasteiger partial charge in [0.15, 0.2) is 0 Å². The van der Waals surface area contributed by atoms with Gasteiger partial charge in [-0.15, -0.1) is 6.58 Å². The van der Waals surface area contributed by atoms with Gasteiger partial charge < -0.3 is 4.74 Å². The van der Waals surface area contributed by atoms with Gasteiger partial charge in [-0.3, -0.25) is 0 Å². The normalized spacial score (nSPS) is 12.8. The fourth-order valence-corrected chi connectivity index (χ4v) is 1.75. The van der Waals surface area contributed by atoms with Crippen molar-refractivity contribution >= 4 is 15.9 Å². The second kappa shape index (κ2) is 8.76. The monoisotopic (exact) mass is 248 g/mol. The second-order valence-corrected chi connectivity index (χ2v) is 4.48. The Balaban J connectivity index is 3.11.